The number of esters is 2. The number of nitrogens with one attached hydrogen (secondary N) is 3. The minimum Gasteiger partial charge on any atom is -0.870 e. The van der Waals surface area contributed by atoms with Crippen molar-refractivity contribution in [3.05, 3.63) is 0 Å². The number of amides is 1. The van der Waals surface area contributed by atoms with E-state index < -0.39 is 50.7 Å². The number of ether oxygens (including phenoxy) is 2. The molecule has 0 aromatic carbocycles. The maximum atomic E-state index is 14.0. The van der Waals surface area contributed by atoms with Gasteiger partial charge in [-0.05, 0) is 246 Å². The second-order valence-electron chi connectivity index (χ2n) is 24.8. The molecule has 21 heteroatoms. The molecular weight excluding hydrogens is 1520 g/mol. The van der Waals surface area contributed by atoms with Gasteiger partial charge in [0.2, 0.25) is 5.91 Å². The van der Waals surface area contributed by atoms with Crippen molar-refractivity contribution >= 4 is 56.2 Å². The van der Waals surface area contributed by atoms with E-state index in [2.05, 4.69) is 238 Å². The first-order valence-corrected chi connectivity index (χ1v) is 43.2. The summed E-state index contributed by atoms with van der Waals surface area (Å²) < 4.78 is 67.5. The van der Waals surface area contributed by atoms with E-state index >= 15 is 0 Å². The molecule has 6 N–H and O–H groups in total. The van der Waals surface area contributed by atoms with Crippen molar-refractivity contribution in [2.45, 2.75) is 306 Å². The van der Waals surface area contributed by atoms with Gasteiger partial charge in [0, 0.05) is 49.5 Å². The molecule has 0 rings (SSSR count). The number of ketones is 1. The first-order chi connectivity index (χ1) is 54.0. The molecule has 0 radical (unpaired) electrons. The second-order valence-corrected chi connectivity index (χ2v) is 28.4. The number of Topliss-reactive ketones (excluding diaryl/α,β-unsaturated/α-hetero) is 1. The van der Waals surface area contributed by atoms with E-state index in [1.165, 1.54) is 134 Å². The predicted octanol–water partition coefficient (Wildman–Crippen LogP) is 8.08. The van der Waals surface area contributed by atoms with E-state index in [0.29, 0.717) is 12.8 Å². The van der Waals surface area contributed by atoms with Crippen molar-refractivity contribution in [1.82, 2.24) is 16.0 Å². The topological polar surface area (TPSA) is 276 Å². The third-order valence-corrected chi connectivity index (χ3v) is 17.7. The Kier molecular flexibility index (Phi) is 112. The largest absolute Gasteiger partial charge is 1.00 e. The van der Waals surface area contributed by atoms with E-state index in [-0.39, 0.29) is 157 Å². The number of hydrogen-bond acceptors (Lipinski definition) is 16. The smallest absolute Gasteiger partial charge is 0.870 e. The first-order valence-electron chi connectivity index (χ1n) is 39.2. The Labute approximate surface area is 747 Å². The van der Waals surface area contributed by atoms with Gasteiger partial charge in [0.1, 0.15) is 18.5 Å². The summed E-state index contributed by atoms with van der Waals surface area (Å²) in [6.07, 6.45) is 35.0. The number of thioether (sulfide) groups is 1. The van der Waals surface area contributed by atoms with Crippen molar-refractivity contribution < 1.29 is 120 Å². The van der Waals surface area contributed by atoms with Crippen LogP contribution in [0.25, 0.3) is 0 Å². The SMILES string of the molecule is CC#CC#CC#CC#CC#CC.CC#CC#CC#CC#CC#CC.CC#CC#CC#CC#CC#CC#CC#CC.CCCCCCCCCCCCCCCC(=O)CC(CSCC(COC(=O)CCCCCCCCCCC)OC(=O)CCCCCCCCCCC)C(=O)NC(CNCC[S-](=O)=O)NCCCS(=O)(=O)[O-].O.[Na+].[Na+].[OH-]. The van der Waals surface area contributed by atoms with Crippen LogP contribution in [0.1, 0.15) is 293 Å². The van der Waals surface area contributed by atoms with Crippen molar-refractivity contribution in [3.63, 3.8) is 0 Å². The molecule has 0 spiro atoms. The summed E-state index contributed by atoms with van der Waals surface area (Å²) in [4.78, 5) is 53.5. The van der Waals surface area contributed by atoms with Crippen LogP contribution >= 0.6 is 11.8 Å². The molecule has 0 aliphatic carbocycles. The maximum absolute atomic E-state index is 14.0. The predicted molar refractivity (Wildman–Crippen MR) is 463 cm³/mol. The molecule has 3 unspecified atom stereocenters. The Morgan fingerprint density at radius 1 is 0.409 bits per heavy atom. The van der Waals surface area contributed by atoms with Crippen LogP contribution in [-0.2, 0) is 57.9 Å². The fourth-order valence-corrected chi connectivity index (χ4v) is 11.4. The van der Waals surface area contributed by atoms with Crippen LogP contribution in [0, 0.1) is 207 Å². The second kappa shape index (κ2) is 105. The Hall–Kier alpha value is -7.35. The van der Waals surface area contributed by atoms with Gasteiger partial charge in [-0.1, -0.05) is 253 Å². The molecule has 614 valence electrons. The summed E-state index contributed by atoms with van der Waals surface area (Å²) in [6.45, 7) is 17.1. The number of carbonyl (C=O) groups excluding carboxylic acids is 4. The van der Waals surface area contributed by atoms with E-state index in [9.17, 15) is 40.6 Å². The number of rotatable bonds is 55. The zero-order valence-corrected chi connectivity index (χ0v) is 77.5. The molecule has 1 amide bonds. The van der Waals surface area contributed by atoms with Crippen LogP contribution < -0.4 is 75.1 Å². The Bertz CT molecular complexity index is 3770. The van der Waals surface area contributed by atoms with Gasteiger partial charge in [-0.3, -0.25) is 24.5 Å². The fourth-order valence-electron chi connectivity index (χ4n) is 9.52. The number of unbranched alkanes of at least 4 members (excludes halogenated alkanes) is 28. The third kappa shape index (κ3) is 111. The molecular formula is C94H124N3Na2O13S3-. The van der Waals surface area contributed by atoms with Crippen LogP contribution in [0.15, 0.2) is 0 Å². The molecule has 0 saturated heterocycles. The molecule has 3 atom stereocenters. The van der Waals surface area contributed by atoms with Crippen molar-refractivity contribution in [2.75, 3.05) is 49.3 Å². The molecule has 0 aliphatic heterocycles. The van der Waals surface area contributed by atoms with Crippen LogP contribution in [0.5, 0.6) is 0 Å². The summed E-state index contributed by atoms with van der Waals surface area (Å²) in [5.41, 5.74) is 0. The van der Waals surface area contributed by atoms with Crippen LogP contribution in [0.4, 0.5) is 0 Å². The van der Waals surface area contributed by atoms with Gasteiger partial charge in [-0.15, -0.1) is 0 Å². The van der Waals surface area contributed by atoms with Crippen molar-refractivity contribution in [3.8, 4) is 201 Å². The van der Waals surface area contributed by atoms with E-state index in [1.54, 1.807) is 41.5 Å². The molecule has 0 heterocycles. The van der Waals surface area contributed by atoms with Gasteiger partial charge in [0.05, 0.1) is 22.2 Å². The number of carbonyl (C=O) groups is 4. The Morgan fingerprint density at radius 3 is 1.01 bits per heavy atom. The van der Waals surface area contributed by atoms with Gasteiger partial charge in [-0.25, -0.2) is 8.42 Å². The van der Waals surface area contributed by atoms with Gasteiger partial charge in [0.25, 0.3) is 0 Å². The van der Waals surface area contributed by atoms with E-state index in [0.717, 1.165) is 70.6 Å². The van der Waals surface area contributed by atoms with Gasteiger partial charge < -0.3 is 44.0 Å². The zero-order chi connectivity index (χ0) is 82.5. The molecule has 16 nitrogen and oxygen atoms in total. The molecule has 0 saturated carbocycles. The van der Waals surface area contributed by atoms with Gasteiger partial charge >= 0.3 is 71.1 Å². The van der Waals surface area contributed by atoms with Gasteiger partial charge in [-0.2, -0.15) is 11.8 Å². The molecule has 0 bridgehead atoms. The number of hydrogen-bond donors (Lipinski definition) is 3. The molecule has 0 aromatic heterocycles. The van der Waals surface area contributed by atoms with Gasteiger partial charge in [0.15, 0.2) is 0 Å². The standard InChI is InChI=1S/C54H104N3O11S3.C16H6.2C12H6.2Na.2H2O/c1-4-7-10-13-16-19-20-21-22-25-26-29-32-36-49(58)43-48(54(61)57-51(44-55-40-41-70(62)63)56-39-35-42-71(64,65)66)46-69-47-50(68-53(60)38-34-31-28-24-18-15-12-9-6-3)45-67-52(59)37-33-30-27-23-17-14-11-8-5-2;1-3-5-7-9-11-13-15-16-14-12-10-8-6-4-2;2*1-3-5-7-9-11-12-10-8-6-4-2;;;;/h48,50-51,55-56H,4-47H2,1-3H3,(H,57,61)(H,64,65,66);1-2H3;2*1-2H3;;;2*1H2/q-1;;;;2*+1;;/p-2. The fraction of sp³-hybridized carbons (Fsp3) is 0.596. The molecule has 0 aromatic rings. The summed E-state index contributed by atoms with van der Waals surface area (Å²) in [6, 6.07) is 0. The van der Waals surface area contributed by atoms with Crippen molar-refractivity contribution in [2.24, 2.45) is 5.92 Å². The molecule has 0 fully saturated rings. The minimum absolute atomic E-state index is 0. The summed E-state index contributed by atoms with van der Waals surface area (Å²) in [5, 5.41) is 8.94. The average Bonchev–Trinajstić information content (AvgIpc) is 0.940. The monoisotopic (exact) mass is 1640 g/mol. The molecule has 0 aliphatic rings. The Morgan fingerprint density at radius 2 is 0.704 bits per heavy atom. The normalized spacial score (nSPS) is 9.38. The van der Waals surface area contributed by atoms with E-state index in [1.807, 2.05) is 0 Å². The van der Waals surface area contributed by atoms with Crippen LogP contribution in [-0.4, -0.2) is 109 Å². The minimum atomic E-state index is -4.44. The Balaban J connectivity index is -0.000000349. The van der Waals surface area contributed by atoms with E-state index in [4.69, 9.17) is 9.47 Å². The summed E-state index contributed by atoms with van der Waals surface area (Å²) in [5.74, 6) is 84.5. The quantitative estimate of drug-likeness (QED) is 0.00987. The first kappa shape index (κ1) is 123. The average molecular weight is 1650 g/mol. The molecule has 115 heavy (non-hydrogen) atoms. The summed E-state index contributed by atoms with van der Waals surface area (Å²) in [7, 11) is -6.72. The van der Waals surface area contributed by atoms with Crippen molar-refractivity contribution in [1.29, 1.82) is 0 Å². The van der Waals surface area contributed by atoms with Crippen LogP contribution in [0.2, 0.25) is 0 Å². The zero-order valence-electron chi connectivity index (χ0n) is 71.0. The maximum Gasteiger partial charge on any atom is 1.00 e. The van der Waals surface area contributed by atoms with Crippen LogP contribution in [0.3, 0.4) is 0 Å². The summed E-state index contributed by atoms with van der Waals surface area (Å²) >= 11 is 1.35. The third-order valence-electron chi connectivity index (χ3n) is 15.1.